The third-order valence-electron chi connectivity index (χ3n) is 4.81. The molecule has 1 aliphatic rings. The van der Waals surface area contributed by atoms with Gasteiger partial charge in [-0.05, 0) is 49.8 Å². The van der Waals surface area contributed by atoms with E-state index in [1.54, 1.807) is 6.07 Å². The Kier molecular flexibility index (Phi) is 5.86. The van der Waals surface area contributed by atoms with Crippen molar-refractivity contribution >= 4 is 11.6 Å². The minimum absolute atomic E-state index is 0.229. The summed E-state index contributed by atoms with van der Waals surface area (Å²) < 4.78 is 14.0. The molecule has 1 fully saturated rings. The number of halogens is 2. The predicted octanol–water partition coefficient (Wildman–Crippen LogP) is 4.83. The van der Waals surface area contributed by atoms with Gasteiger partial charge in [0.2, 0.25) is 0 Å². The van der Waals surface area contributed by atoms with Crippen molar-refractivity contribution in [3.05, 3.63) is 34.6 Å². The summed E-state index contributed by atoms with van der Waals surface area (Å²) in [4.78, 5) is 0. The van der Waals surface area contributed by atoms with Crippen LogP contribution in [0.4, 0.5) is 4.39 Å². The van der Waals surface area contributed by atoms with Crippen LogP contribution in [0.25, 0.3) is 0 Å². The number of rotatable bonds is 5. The van der Waals surface area contributed by atoms with Gasteiger partial charge in [-0.2, -0.15) is 0 Å². The molecular formula is C17H25ClFN. The van der Waals surface area contributed by atoms with Crippen molar-refractivity contribution in [3.8, 4) is 0 Å². The maximum Gasteiger partial charge on any atom is 0.145 e. The van der Waals surface area contributed by atoms with Crippen LogP contribution < -0.4 is 5.32 Å². The highest BCUT2D eigenvalue weighted by atomic mass is 35.5. The van der Waals surface area contributed by atoms with E-state index in [9.17, 15) is 4.39 Å². The zero-order chi connectivity index (χ0) is 14.5. The molecule has 20 heavy (non-hydrogen) atoms. The van der Waals surface area contributed by atoms with Gasteiger partial charge in [0.25, 0.3) is 0 Å². The standard InChI is InChI=1S/C17H25ClFN/c1-3-12-6-4-7-13(10-12)16(20-2)11-14-8-5-9-15(18)17(14)19/h5,8-9,12-13,16,20H,3-4,6-7,10-11H2,1-2H3. The van der Waals surface area contributed by atoms with Crippen LogP contribution in [0.15, 0.2) is 18.2 Å². The second-order valence-corrected chi connectivity index (χ2v) is 6.42. The lowest BCUT2D eigenvalue weighted by molar-refractivity contribution is 0.212. The van der Waals surface area contributed by atoms with Gasteiger partial charge >= 0.3 is 0 Å². The molecule has 1 aliphatic carbocycles. The number of likely N-dealkylation sites (N-methyl/N-ethyl adjacent to an activating group) is 1. The molecule has 0 radical (unpaired) electrons. The van der Waals surface area contributed by atoms with E-state index < -0.39 is 0 Å². The molecule has 0 saturated heterocycles. The van der Waals surface area contributed by atoms with Crippen LogP contribution in [0, 0.1) is 17.7 Å². The lowest BCUT2D eigenvalue weighted by Crippen LogP contribution is -2.38. The van der Waals surface area contributed by atoms with E-state index in [2.05, 4.69) is 12.2 Å². The minimum atomic E-state index is -0.253. The second-order valence-electron chi connectivity index (χ2n) is 6.01. The highest BCUT2D eigenvalue weighted by molar-refractivity contribution is 6.30. The van der Waals surface area contributed by atoms with Crippen molar-refractivity contribution in [1.29, 1.82) is 0 Å². The fourth-order valence-corrected chi connectivity index (χ4v) is 3.71. The Morgan fingerprint density at radius 3 is 2.90 bits per heavy atom. The van der Waals surface area contributed by atoms with Gasteiger partial charge in [-0.3, -0.25) is 0 Å². The molecule has 0 aliphatic heterocycles. The van der Waals surface area contributed by atoms with Crippen LogP contribution in [0.5, 0.6) is 0 Å². The topological polar surface area (TPSA) is 12.0 Å². The van der Waals surface area contributed by atoms with E-state index in [0.717, 1.165) is 17.9 Å². The van der Waals surface area contributed by atoms with Crippen molar-refractivity contribution < 1.29 is 4.39 Å². The summed E-state index contributed by atoms with van der Waals surface area (Å²) >= 11 is 5.88. The third-order valence-corrected chi connectivity index (χ3v) is 5.10. The van der Waals surface area contributed by atoms with Crippen LogP contribution in [0.2, 0.25) is 5.02 Å². The van der Waals surface area contributed by atoms with Crippen molar-refractivity contribution in [1.82, 2.24) is 5.32 Å². The summed E-state index contributed by atoms with van der Waals surface area (Å²) in [6, 6.07) is 5.65. The molecule has 1 N–H and O–H groups in total. The quantitative estimate of drug-likeness (QED) is 0.821. The summed E-state index contributed by atoms with van der Waals surface area (Å²) in [5.74, 6) is 1.24. The average molecular weight is 298 g/mol. The van der Waals surface area contributed by atoms with Gasteiger partial charge in [0.1, 0.15) is 5.82 Å². The minimum Gasteiger partial charge on any atom is -0.316 e. The van der Waals surface area contributed by atoms with Crippen molar-refractivity contribution in [3.63, 3.8) is 0 Å². The van der Waals surface area contributed by atoms with Gasteiger partial charge in [-0.1, -0.05) is 49.9 Å². The van der Waals surface area contributed by atoms with Crippen molar-refractivity contribution in [2.24, 2.45) is 11.8 Å². The zero-order valence-corrected chi connectivity index (χ0v) is 13.2. The maximum absolute atomic E-state index is 14.0. The lowest BCUT2D eigenvalue weighted by Gasteiger charge is -2.34. The van der Waals surface area contributed by atoms with Crippen LogP contribution >= 0.6 is 11.6 Å². The molecule has 3 unspecified atom stereocenters. The molecule has 1 nitrogen and oxygen atoms in total. The summed E-state index contributed by atoms with van der Waals surface area (Å²) in [5.41, 5.74) is 0.732. The van der Waals surface area contributed by atoms with E-state index in [1.807, 2.05) is 19.2 Å². The van der Waals surface area contributed by atoms with E-state index in [1.165, 1.54) is 32.1 Å². The van der Waals surface area contributed by atoms with Gasteiger partial charge < -0.3 is 5.32 Å². The summed E-state index contributed by atoms with van der Waals surface area (Å²) in [7, 11) is 1.99. The molecule has 0 aromatic heterocycles. The van der Waals surface area contributed by atoms with Gasteiger partial charge in [0.15, 0.2) is 0 Å². The summed E-state index contributed by atoms with van der Waals surface area (Å²) in [6.45, 7) is 2.28. The van der Waals surface area contributed by atoms with Crippen LogP contribution in [-0.2, 0) is 6.42 Å². The number of hydrogen-bond donors (Lipinski definition) is 1. The fourth-order valence-electron chi connectivity index (χ4n) is 3.52. The molecule has 0 bridgehead atoms. The molecule has 0 amide bonds. The van der Waals surface area contributed by atoms with E-state index in [-0.39, 0.29) is 10.8 Å². The molecule has 1 aromatic rings. The molecule has 2 rings (SSSR count). The number of benzene rings is 1. The van der Waals surface area contributed by atoms with Crippen molar-refractivity contribution in [2.45, 2.75) is 51.5 Å². The van der Waals surface area contributed by atoms with Crippen LogP contribution in [-0.4, -0.2) is 13.1 Å². The smallest absolute Gasteiger partial charge is 0.145 e. The molecule has 0 spiro atoms. The summed E-state index contributed by atoms with van der Waals surface area (Å²) in [5, 5.41) is 3.63. The van der Waals surface area contributed by atoms with Crippen LogP contribution in [0.1, 0.15) is 44.6 Å². The van der Waals surface area contributed by atoms with Crippen LogP contribution in [0.3, 0.4) is 0 Å². The highest BCUT2D eigenvalue weighted by Gasteiger charge is 2.27. The third kappa shape index (κ3) is 3.73. The first kappa shape index (κ1) is 15.8. The predicted molar refractivity (Wildman–Crippen MR) is 83.7 cm³/mol. The highest BCUT2D eigenvalue weighted by Crippen LogP contribution is 2.34. The van der Waals surface area contributed by atoms with Crippen molar-refractivity contribution in [2.75, 3.05) is 7.05 Å². The number of nitrogens with one attached hydrogen (secondary N) is 1. The first-order chi connectivity index (χ1) is 9.65. The molecule has 0 heterocycles. The largest absolute Gasteiger partial charge is 0.316 e. The lowest BCUT2D eigenvalue weighted by atomic mass is 9.75. The van der Waals surface area contributed by atoms with E-state index in [4.69, 9.17) is 11.6 Å². The van der Waals surface area contributed by atoms with E-state index >= 15 is 0 Å². The first-order valence-corrected chi connectivity index (χ1v) is 8.13. The zero-order valence-electron chi connectivity index (χ0n) is 12.5. The molecular weight excluding hydrogens is 273 g/mol. The average Bonchev–Trinajstić information content (AvgIpc) is 2.49. The Labute approximate surface area is 126 Å². The molecule has 1 saturated carbocycles. The van der Waals surface area contributed by atoms with Gasteiger partial charge in [-0.15, -0.1) is 0 Å². The SMILES string of the molecule is CCC1CCCC(C(Cc2cccc(Cl)c2F)NC)C1. The molecule has 3 heteroatoms. The van der Waals surface area contributed by atoms with E-state index in [0.29, 0.717) is 12.0 Å². The fraction of sp³-hybridized carbons (Fsp3) is 0.647. The Morgan fingerprint density at radius 1 is 1.40 bits per heavy atom. The Morgan fingerprint density at radius 2 is 2.20 bits per heavy atom. The van der Waals surface area contributed by atoms with Gasteiger partial charge in [-0.25, -0.2) is 4.39 Å². The maximum atomic E-state index is 14.0. The first-order valence-electron chi connectivity index (χ1n) is 7.75. The summed E-state index contributed by atoms with van der Waals surface area (Å²) in [6.07, 6.45) is 7.17. The molecule has 112 valence electrons. The Balaban J connectivity index is 2.06. The normalized spacial score (nSPS) is 24.6. The number of hydrogen-bond acceptors (Lipinski definition) is 1. The monoisotopic (exact) mass is 297 g/mol. The molecule has 1 aromatic carbocycles. The Bertz CT molecular complexity index is 435. The van der Waals surface area contributed by atoms with Gasteiger partial charge in [0.05, 0.1) is 5.02 Å². The second kappa shape index (κ2) is 7.42. The van der Waals surface area contributed by atoms with Gasteiger partial charge in [0, 0.05) is 6.04 Å². The Hall–Kier alpha value is -0.600. The molecule has 3 atom stereocenters.